The first kappa shape index (κ1) is 18.0. The van der Waals surface area contributed by atoms with Gasteiger partial charge in [0.1, 0.15) is 11.5 Å². The summed E-state index contributed by atoms with van der Waals surface area (Å²) < 4.78 is 52.0. The number of halogens is 3. The number of alkyl halides is 3. The van der Waals surface area contributed by atoms with Crippen molar-refractivity contribution < 1.29 is 22.1 Å². The molecule has 0 aliphatic heterocycles. The van der Waals surface area contributed by atoms with E-state index in [1.54, 1.807) is 36.8 Å². The maximum atomic E-state index is 12.3. The van der Waals surface area contributed by atoms with E-state index in [1.807, 2.05) is 0 Å². The Bertz CT molecular complexity index is 623. The lowest BCUT2D eigenvalue weighted by Crippen LogP contribution is -2.04. The third kappa shape index (κ3) is 6.17. The van der Waals surface area contributed by atoms with Crippen LogP contribution in [0.1, 0.15) is 5.56 Å². The summed E-state index contributed by atoms with van der Waals surface area (Å²) >= 11 is 0. The van der Waals surface area contributed by atoms with Crippen molar-refractivity contribution in [3.05, 3.63) is 54.1 Å². The van der Waals surface area contributed by atoms with Gasteiger partial charge in [-0.3, -0.25) is 4.21 Å². The van der Waals surface area contributed by atoms with Crippen molar-refractivity contribution in [1.82, 2.24) is 0 Å². The number of hydrogen-bond acceptors (Lipinski definition) is 3. The van der Waals surface area contributed by atoms with Crippen LogP contribution in [0.5, 0.6) is 11.5 Å². The SMILES string of the molecule is CS(C)=O.Nc1ccccc1Oc1ccc(C(F)(F)F)cc1. The Morgan fingerprint density at radius 1 is 1.00 bits per heavy atom. The minimum absolute atomic E-state index is 0.306. The minimum Gasteiger partial charge on any atom is -0.455 e. The summed E-state index contributed by atoms with van der Waals surface area (Å²) in [7, 11) is -0.611. The van der Waals surface area contributed by atoms with Crippen LogP contribution in [-0.2, 0) is 17.0 Å². The predicted molar refractivity (Wildman–Crippen MR) is 82.4 cm³/mol. The topological polar surface area (TPSA) is 52.3 Å². The number of ether oxygens (including phenoxy) is 1. The van der Waals surface area contributed by atoms with Crippen LogP contribution in [0.4, 0.5) is 18.9 Å². The molecular formula is C15H16F3NO2S. The lowest BCUT2D eigenvalue weighted by atomic mass is 10.2. The zero-order valence-corrected chi connectivity index (χ0v) is 12.9. The van der Waals surface area contributed by atoms with E-state index in [4.69, 9.17) is 10.5 Å². The first-order valence-electron chi connectivity index (χ1n) is 6.15. The maximum Gasteiger partial charge on any atom is 0.416 e. The normalized spacial score (nSPS) is 10.8. The molecule has 0 saturated carbocycles. The molecule has 7 heteroatoms. The number of benzene rings is 2. The van der Waals surface area contributed by atoms with Crippen LogP contribution >= 0.6 is 0 Å². The van der Waals surface area contributed by atoms with Crippen LogP contribution in [0.25, 0.3) is 0 Å². The highest BCUT2D eigenvalue weighted by molar-refractivity contribution is 7.83. The molecule has 0 aliphatic carbocycles. The molecule has 0 unspecified atom stereocenters. The molecule has 0 fully saturated rings. The van der Waals surface area contributed by atoms with Gasteiger partial charge in [0.15, 0.2) is 0 Å². The van der Waals surface area contributed by atoms with Crippen molar-refractivity contribution in [2.75, 3.05) is 18.2 Å². The molecule has 2 aromatic carbocycles. The Kier molecular flexibility index (Phi) is 6.42. The summed E-state index contributed by atoms with van der Waals surface area (Å²) in [4.78, 5) is 0. The average molecular weight is 331 g/mol. The van der Waals surface area contributed by atoms with Crippen LogP contribution < -0.4 is 10.5 Å². The molecule has 3 nitrogen and oxygen atoms in total. The van der Waals surface area contributed by atoms with E-state index in [9.17, 15) is 17.4 Å². The van der Waals surface area contributed by atoms with Gasteiger partial charge in [0.05, 0.1) is 11.3 Å². The minimum atomic E-state index is -4.34. The Labute approximate surface area is 129 Å². The van der Waals surface area contributed by atoms with E-state index < -0.39 is 22.5 Å². The quantitative estimate of drug-likeness (QED) is 0.844. The van der Waals surface area contributed by atoms with Crippen molar-refractivity contribution in [3.63, 3.8) is 0 Å². The van der Waals surface area contributed by atoms with Gasteiger partial charge in [-0.2, -0.15) is 13.2 Å². The van der Waals surface area contributed by atoms with Gasteiger partial charge in [0, 0.05) is 23.3 Å². The van der Waals surface area contributed by atoms with Crippen LogP contribution in [-0.4, -0.2) is 16.7 Å². The first-order chi connectivity index (χ1) is 10.2. The van der Waals surface area contributed by atoms with Gasteiger partial charge < -0.3 is 10.5 Å². The van der Waals surface area contributed by atoms with Crippen LogP contribution in [0.15, 0.2) is 48.5 Å². The van der Waals surface area contributed by atoms with Gasteiger partial charge in [-0.25, -0.2) is 0 Å². The van der Waals surface area contributed by atoms with Crippen molar-refractivity contribution in [2.24, 2.45) is 0 Å². The molecular weight excluding hydrogens is 315 g/mol. The van der Waals surface area contributed by atoms with Crippen LogP contribution in [0, 0.1) is 0 Å². The zero-order chi connectivity index (χ0) is 16.8. The highest BCUT2D eigenvalue weighted by Gasteiger charge is 2.30. The van der Waals surface area contributed by atoms with E-state index in [1.165, 1.54) is 12.1 Å². The Balaban J connectivity index is 0.000000541. The lowest BCUT2D eigenvalue weighted by Gasteiger charge is -2.10. The molecule has 0 radical (unpaired) electrons. The molecule has 120 valence electrons. The Hall–Kier alpha value is -2.02. The van der Waals surface area contributed by atoms with Crippen molar-refractivity contribution in [1.29, 1.82) is 0 Å². The fraction of sp³-hybridized carbons (Fsp3) is 0.200. The van der Waals surface area contributed by atoms with Crippen molar-refractivity contribution in [2.45, 2.75) is 6.18 Å². The molecule has 22 heavy (non-hydrogen) atoms. The Morgan fingerprint density at radius 3 is 1.95 bits per heavy atom. The Morgan fingerprint density at radius 2 is 1.50 bits per heavy atom. The number of anilines is 1. The van der Waals surface area contributed by atoms with E-state index in [0.717, 1.165) is 12.1 Å². The van der Waals surface area contributed by atoms with Gasteiger partial charge in [0.2, 0.25) is 0 Å². The molecule has 0 bridgehead atoms. The monoisotopic (exact) mass is 331 g/mol. The molecule has 0 spiro atoms. The number of nitrogen functional groups attached to an aromatic ring is 1. The fourth-order valence-electron chi connectivity index (χ4n) is 1.41. The van der Waals surface area contributed by atoms with Crippen molar-refractivity contribution in [3.8, 4) is 11.5 Å². The molecule has 0 aliphatic rings. The molecule has 0 saturated heterocycles. The second-order valence-electron chi connectivity index (χ2n) is 4.40. The summed E-state index contributed by atoms with van der Waals surface area (Å²) in [5.41, 5.74) is 5.38. The average Bonchev–Trinajstić information content (AvgIpc) is 2.40. The second kappa shape index (κ2) is 7.84. The molecule has 0 atom stereocenters. The van der Waals surface area contributed by atoms with E-state index in [0.29, 0.717) is 17.2 Å². The van der Waals surface area contributed by atoms with Crippen LogP contribution in [0.3, 0.4) is 0 Å². The maximum absolute atomic E-state index is 12.3. The summed E-state index contributed by atoms with van der Waals surface area (Å²) in [5.74, 6) is 0.721. The number of hydrogen-bond donors (Lipinski definition) is 1. The van der Waals surface area contributed by atoms with Gasteiger partial charge in [-0.05, 0) is 36.4 Å². The fourth-order valence-corrected chi connectivity index (χ4v) is 1.41. The standard InChI is InChI=1S/C13H10F3NO.C2H6OS/c14-13(15,16)9-5-7-10(8-6-9)18-12-4-2-1-3-11(12)17;1-4(2)3/h1-8H,17H2;1-2H3. The van der Waals surface area contributed by atoms with E-state index in [-0.39, 0.29) is 0 Å². The number of nitrogens with two attached hydrogens (primary N) is 1. The summed E-state index contributed by atoms with van der Waals surface area (Å²) in [6, 6.07) is 11.2. The first-order valence-corrected chi connectivity index (χ1v) is 8.11. The second-order valence-corrected chi connectivity index (χ2v) is 5.89. The third-order valence-corrected chi connectivity index (χ3v) is 2.33. The predicted octanol–water partition coefficient (Wildman–Crippen LogP) is 4.07. The summed E-state index contributed by atoms with van der Waals surface area (Å²) in [6.07, 6.45) is -1.07. The lowest BCUT2D eigenvalue weighted by molar-refractivity contribution is -0.137. The van der Waals surface area contributed by atoms with Gasteiger partial charge in [0.25, 0.3) is 0 Å². The highest BCUT2D eigenvalue weighted by Crippen LogP contribution is 2.32. The highest BCUT2D eigenvalue weighted by atomic mass is 32.2. The third-order valence-electron chi connectivity index (χ3n) is 2.33. The molecule has 0 heterocycles. The van der Waals surface area contributed by atoms with Gasteiger partial charge in [-0.15, -0.1) is 0 Å². The molecule has 2 rings (SSSR count). The van der Waals surface area contributed by atoms with Gasteiger partial charge in [-0.1, -0.05) is 12.1 Å². The van der Waals surface area contributed by atoms with E-state index in [2.05, 4.69) is 0 Å². The van der Waals surface area contributed by atoms with E-state index >= 15 is 0 Å². The smallest absolute Gasteiger partial charge is 0.416 e. The largest absolute Gasteiger partial charge is 0.455 e. The molecule has 0 amide bonds. The van der Waals surface area contributed by atoms with Crippen LogP contribution in [0.2, 0.25) is 0 Å². The summed E-state index contributed by atoms with van der Waals surface area (Å²) in [6.45, 7) is 0. The zero-order valence-electron chi connectivity index (χ0n) is 12.1. The summed E-state index contributed by atoms with van der Waals surface area (Å²) in [5, 5.41) is 0. The van der Waals surface area contributed by atoms with Gasteiger partial charge >= 0.3 is 6.18 Å². The molecule has 0 aromatic heterocycles. The number of rotatable bonds is 2. The molecule has 2 aromatic rings. The molecule has 2 N–H and O–H groups in total. The number of para-hydroxylation sites is 2. The van der Waals surface area contributed by atoms with Crippen molar-refractivity contribution >= 4 is 16.5 Å².